The number of phenolic OH excluding ortho intramolecular Hbond substituents is 1. The summed E-state index contributed by atoms with van der Waals surface area (Å²) in [4.78, 5) is 12.4. The first kappa shape index (κ1) is 19.2. The minimum absolute atomic E-state index is 0.153. The first-order valence-corrected chi connectivity index (χ1v) is 10.7. The van der Waals surface area contributed by atoms with Crippen molar-refractivity contribution in [2.75, 3.05) is 23.1 Å². The van der Waals surface area contributed by atoms with E-state index in [9.17, 15) is 18.3 Å². The standard InChI is InChI=1S/C20H24N2O4S/c23-19-10-8-16(9-11-19)5-4-12-21-20(24)17-6-3-7-18(15-17)22-13-1-2-14-27(22,25)26/h3,6-11,15,23H,1-2,4-5,12-14H2,(H,21,24). The number of sulfonamides is 1. The molecule has 0 aliphatic carbocycles. The van der Waals surface area contributed by atoms with Gasteiger partial charge in [0.1, 0.15) is 5.75 Å². The van der Waals surface area contributed by atoms with Crippen LogP contribution < -0.4 is 9.62 Å². The topological polar surface area (TPSA) is 86.7 Å². The maximum atomic E-state index is 12.4. The summed E-state index contributed by atoms with van der Waals surface area (Å²) < 4.78 is 25.9. The molecule has 0 aromatic heterocycles. The third-order valence-electron chi connectivity index (χ3n) is 4.61. The van der Waals surface area contributed by atoms with Gasteiger partial charge in [0.05, 0.1) is 11.4 Å². The van der Waals surface area contributed by atoms with Crippen molar-refractivity contribution >= 4 is 21.6 Å². The van der Waals surface area contributed by atoms with Gasteiger partial charge >= 0.3 is 0 Å². The maximum Gasteiger partial charge on any atom is 0.251 e. The van der Waals surface area contributed by atoms with E-state index in [4.69, 9.17) is 0 Å². The Morgan fingerprint density at radius 2 is 1.89 bits per heavy atom. The molecule has 6 nitrogen and oxygen atoms in total. The van der Waals surface area contributed by atoms with Gasteiger partial charge in [-0.1, -0.05) is 18.2 Å². The summed E-state index contributed by atoms with van der Waals surface area (Å²) in [6.45, 7) is 0.978. The lowest BCUT2D eigenvalue weighted by Crippen LogP contribution is -2.38. The fraction of sp³-hybridized carbons (Fsp3) is 0.350. The third-order valence-corrected chi connectivity index (χ3v) is 6.48. The number of carbonyl (C=O) groups excluding carboxylic acids is 1. The van der Waals surface area contributed by atoms with Gasteiger partial charge in [0.25, 0.3) is 5.91 Å². The fourth-order valence-electron chi connectivity index (χ4n) is 3.14. The van der Waals surface area contributed by atoms with E-state index in [0.29, 0.717) is 30.8 Å². The van der Waals surface area contributed by atoms with Gasteiger partial charge < -0.3 is 10.4 Å². The van der Waals surface area contributed by atoms with Crippen molar-refractivity contribution < 1.29 is 18.3 Å². The van der Waals surface area contributed by atoms with Crippen LogP contribution >= 0.6 is 0 Å². The smallest absolute Gasteiger partial charge is 0.251 e. The van der Waals surface area contributed by atoms with Crippen molar-refractivity contribution in [3.8, 4) is 5.75 Å². The molecule has 1 amide bonds. The number of nitrogens with zero attached hydrogens (tertiary/aromatic N) is 1. The lowest BCUT2D eigenvalue weighted by molar-refractivity contribution is 0.0953. The van der Waals surface area contributed by atoms with Crippen LogP contribution in [0.15, 0.2) is 48.5 Å². The number of hydrogen-bond acceptors (Lipinski definition) is 4. The SMILES string of the molecule is O=C(NCCCc1ccc(O)cc1)c1cccc(N2CCCCS2(=O)=O)c1. The van der Waals surface area contributed by atoms with Gasteiger partial charge in [-0.05, 0) is 61.6 Å². The molecule has 27 heavy (non-hydrogen) atoms. The largest absolute Gasteiger partial charge is 0.508 e. The molecular weight excluding hydrogens is 364 g/mol. The first-order chi connectivity index (χ1) is 13.0. The maximum absolute atomic E-state index is 12.4. The molecule has 0 radical (unpaired) electrons. The molecule has 1 fully saturated rings. The lowest BCUT2D eigenvalue weighted by atomic mass is 10.1. The summed E-state index contributed by atoms with van der Waals surface area (Å²) in [6, 6.07) is 13.8. The molecule has 1 heterocycles. The molecule has 0 unspecified atom stereocenters. The van der Waals surface area contributed by atoms with Gasteiger partial charge in [-0.3, -0.25) is 9.10 Å². The molecule has 0 bridgehead atoms. The zero-order valence-electron chi connectivity index (χ0n) is 15.1. The quantitative estimate of drug-likeness (QED) is 0.745. The molecule has 1 aliphatic heterocycles. The number of anilines is 1. The van der Waals surface area contributed by atoms with E-state index in [-0.39, 0.29) is 17.4 Å². The van der Waals surface area contributed by atoms with Gasteiger partial charge in [0.15, 0.2) is 0 Å². The molecule has 1 aliphatic rings. The number of benzene rings is 2. The van der Waals surface area contributed by atoms with Gasteiger partial charge in [0, 0.05) is 18.7 Å². The molecule has 2 aromatic carbocycles. The molecule has 7 heteroatoms. The van der Waals surface area contributed by atoms with Crippen LogP contribution in [0.2, 0.25) is 0 Å². The van der Waals surface area contributed by atoms with Crippen molar-refractivity contribution in [2.24, 2.45) is 0 Å². The normalized spacial score (nSPS) is 16.1. The molecule has 2 aromatic rings. The summed E-state index contributed by atoms with van der Waals surface area (Å²) in [7, 11) is -3.29. The lowest BCUT2D eigenvalue weighted by Gasteiger charge is -2.28. The number of aryl methyl sites for hydroxylation is 1. The van der Waals surface area contributed by atoms with Crippen LogP contribution in [0.4, 0.5) is 5.69 Å². The Morgan fingerprint density at radius 3 is 2.63 bits per heavy atom. The molecule has 3 rings (SSSR count). The summed E-state index contributed by atoms with van der Waals surface area (Å²) >= 11 is 0. The Bertz CT molecular complexity index is 894. The molecule has 1 saturated heterocycles. The fourth-order valence-corrected chi connectivity index (χ4v) is 4.77. The van der Waals surface area contributed by atoms with Gasteiger partial charge in [-0.2, -0.15) is 0 Å². The number of carbonyl (C=O) groups is 1. The van der Waals surface area contributed by atoms with E-state index < -0.39 is 10.0 Å². The van der Waals surface area contributed by atoms with Crippen LogP contribution in [0.5, 0.6) is 5.75 Å². The van der Waals surface area contributed by atoms with E-state index in [0.717, 1.165) is 24.8 Å². The third kappa shape index (κ3) is 5.01. The highest BCUT2D eigenvalue weighted by atomic mass is 32.2. The van der Waals surface area contributed by atoms with Crippen LogP contribution in [-0.2, 0) is 16.4 Å². The number of nitrogens with one attached hydrogen (secondary N) is 1. The Hall–Kier alpha value is -2.54. The molecular formula is C20H24N2O4S. The number of aromatic hydroxyl groups is 1. The predicted molar refractivity (Wildman–Crippen MR) is 106 cm³/mol. The van der Waals surface area contributed by atoms with E-state index in [1.807, 2.05) is 12.1 Å². The van der Waals surface area contributed by atoms with Crippen LogP contribution in [0.1, 0.15) is 35.2 Å². The van der Waals surface area contributed by atoms with Crippen LogP contribution in [0, 0.1) is 0 Å². The van der Waals surface area contributed by atoms with Gasteiger partial charge in [0.2, 0.25) is 10.0 Å². The Balaban J connectivity index is 1.56. The summed E-state index contributed by atoms with van der Waals surface area (Å²) in [5.41, 5.74) is 2.10. The van der Waals surface area contributed by atoms with Crippen molar-refractivity contribution in [2.45, 2.75) is 25.7 Å². The highest BCUT2D eigenvalue weighted by molar-refractivity contribution is 7.92. The second-order valence-electron chi connectivity index (χ2n) is 6.67. The number of hydrogen-bond donors (Lipinski definition) is 2. The first-order valence-electron chi connectivity index (χ1n) is 9.12. The van der Waals surface area contributed by atoms with Crippen molar-refractivity contribution in [3.05, 3.63) is 59.7 Å². The van der Waals surface area contributed by atoms with Crippen LogP contribution in [-0.4, -0.2) is 38.3 Å². The Morgan fingerprint density at radius 1 is 1.11 bits per heavy atom. The molecule has 144 valence electrons. The monoisotopic (exact) mass is 388 g/mol. The zero-order valence-corrected chi connectivity index (χ0v) is 15.9. The average molecular weight is 388 g/mol. The van der Waals surface area contributed by atoms with Gasteiger partial charge in [-0.15, -0.1) is 0 Å². The second kappa shape index (κ2) is 8.43. The van der Waals surface area contributed by atoms with Gasteiger partial charge in [-0.25, -0.2) is 8.42 Å². The molecule has 0 saturated carbocycles. The Labute approximate surface area is 159 Å². The summed E-state index contributed by atoms with van der Waals surface area (Å²) in [5, 5.41) is 12.2. The van der Waals surface area contributed by atoms with E-state index in [1.54, 1.807) is 36.4 Å². The Kier molecular flexibility index (Phi) is 6.01. The number of rotatable bonds is 6. The van der Waals surface area contributed by atoms with Crippen LogP contribution in [0.25, 0.3) is 0 Å². The second-order valence-corrected chi connectivity index (χ2v) is 8.68. The van der Waals surface area contributed by atoms with Crippen molar-refractivity contribution in [1.29, 1.82) is 0 Å². The van der Waals surface area contributed by atoms with Crippen molar-refractivity contribution in [3.63, 3.8) is 0 Å². The predicted octanol–water partition coefficient (Wildman–Crippen LogP) is 2.68. The number of amides is 1. The minimum Gasteiger partial charge on any atom is -0.508 e. The molecule has 0 spiro atoms. The zero-order chi connectivity index (χ0) is 19.3. The van der Waals surface area contributed by atoms with E-state index in [2.05, 4.69) is 5.32 Å². The molecule has 0 atom stereocenters. The van der Waals surface area contributed by atoms with E-state index >= 15 is 0 Å². The minimum atomic E-state index is -3.29. The number of phenols is 1. The molecule has 2 N–H and O–H groups in total. The average Bonchev–Trinajstić information content (AvgIpc) is 2.66. The summed E-state index contributed by atoms with van der Waals surface area (Å²) in [5.74, 6) is 0.181. The highest BCUT2D eigenvalue weighted by Gasteiger charge is 2.26. The highest BCUT2D eigenvalue weighted by Crippen LogP contribution is 2.24. The van der Waals surface area contributed by atoms with Crippen LogP contribution in [0.3, 0.4) is 0 Å². The summed E-state index contributed by atoms with van der Waals surface area (Å²) in [6.07, 6.45) is 3.08. The van der Waals surface area contributed by atoms with E-state index in [1.165, 1.54) is 4.31 Å². The van der Waals surface area contributed by atoms with Crippen molar-refractivity contribution in [1.82, 2.24) is 5.32 Å².